The highest BCUT2D eigenvalue weighted by molar-refractivity contribution is 7.81. The number of pyridine rings is 1. The molecule has 5 rings (SSSR count). The van der Waals surface area contributed by atoms with E-state index in [1.165, 1.54) is 23.1 Å². The fourth-order valence-corrected chi connectivity index (χ4v) is 5.87. The van der Waals surface area contributed by atoms with Crippen molar-refractivity contribution in [2.24, 2.45) is 0 Å². The van der Waals surface area contributed by atoms with E-state index in [0.717, 1.165) is 43.1 Å². The smallest absolute Gasteiger partial charge is 0.419 e. The van der Waals surface area contributed by atoms with Crippen LogP contribution < -0.4 is 14.5 Å². The van der Waals surface area contributed by atoms with E-state index >= 15 is 4.39 Å². The number of halogens is 4. The summed E-state index contributed by atoms with van der Waals surface area (Å²) in [7, 11) is 2.04. The topological polar surface area (TPSA) is 72.7 Å². The summed E-state index contributed by atoms with van der Waals surface area (Å²) in [6.45, 7) is 1.78. The van der Waals surface area contributed by atoms with Crippen LogP contribution >= 0.6 is 12.6 Å². The van der Waals surface area contributed by atoms with Gasteiger partial charge in [0.1, 0.15) is 29.3 Å². The number of piperidine rings is 1. The predicted molar refractivity (Wildman–Crippen MR) is 131 cm³/mol. The number of amides is 1. The quantitative estimate of drug-likeness (QED) is 0.457. The number of nitrogens with zero attached hydrogens (tertiary/aromatic N) is 5. The number of hydrogen-bond donors (Lipinski definition) is 1. The fraction of sp³-hybridized carbons (Fsp3) is 0.480. The number of benzene rings is 1. The van der Waals surface area contributed by atoms with Crippen molar-refractivity contribution in [3.8, 4) is 11.8 Å². The van der Waals surface area contributed by atoms with E-state index < -0.39 is 40.2 Å². The summed E-state index contributed by atoms with van der Waals surface area (Å²) >= 11 is 4.56. The molecule has 1 aliphatic carbocycles. The number of hydrogen-bond acceptors (Lipinski definition) is 7. The molecule has 2 aromatic rings. The van der Waals surface area contributed by atoms with Gasteiger partial charge >= 0.3 is 6.18 Å². The van der Waals surface area contributed by atoms with E-state index in [0.29, 0.717) is 25.0 Å². The molecule has 1 spiro atoms. The van der Waals surface area contributed by atoms with Gasteiger partial charge in [-0.3, -0.25) is 9.69 Å². The summed E-state index contributed by atoms with van der Waals surface area (Å²) in [5.74, 6) is -0.716. The largest absolute Gasteiger partial charge is 0.490 e. The number of nitriles is 1. The van der Waals surface area contributed by atoms with Crippen molar-refractivity contribution in [2.45, 2.75) is 55.4 Å². The first kappa shape index (κ1) is 25.6. The number of aromatic nitrogens is 1. The molecule has 3 fully saturated rings. The zero-order valence-corrected chi connectivity index (χ0v) is 20.9. The highest BCUT2D eigenvalue weighted by atomic mass is 32.1. The average molecular weight is 536 g/mol. The van der Waals surface area contributed by atoms with E-state index in [1.807, 2.05) is 7.05 Å². The number of anilines is 2. The van der Waals surface area contributed by atoms with Gasteiger partial charge in [-0.2, -0.15) is 18.4 Å². The lowest BCUT2D eigenvalue weighted by Gasteiger charge is -2.44. The van der Waals surface area contributed by atoms with Crippen LogP contribution in [0.2, 0.25) is 0 Å². The molecule has 1 aromatic carbocycles. The van der Waals surface area contributed by atoms with Crippen molar-refractivity contribution in [2.75, 3.05) is 29.9 Å². The van der Waals surface area contributed by atoms with Crippen LogP contribution in [-0.2, 0) is 11.0 Å². The third-order valence-corrected chi connectivity index (χ3v) is 7.89. The van der Waals surface area contributed by atoms with E-state index in [-0.39, 0.29) is 17.5 Å². The first-order valence-corrected chi connectivity index (χ1v) is 12.5. The van der Waals surface area contributed by atoms with Gasteiger partial charge < -0.3 is 14.5 Å². The van der Waals surface area contributed by atoms with Crippen molar-refractivity contribution < 1.29 is 27.1 Å². The van der Waals surface area contributed by atoms with Crippen molar-refractivity contribution in [3.05, 3.63) is 47.5 Å². The zero-order valence-electron chi connectivity index (χ0n) is 20.0. The van der Waals surface area contributed by atoms with Gasteiger partial charge in [-0.25, -0.2) is 9.37 Å². The van der Waals surface area contributed by atoms with Gasteiger partial charge in [-0.05, 0) is 57.4 Å². The van der Waals surface area contributed by atoms with E-state index in [2.05, 4.69) is 22.5 Å². The monoisotopic (exact) mass is 535 g/mol. The van der Waals surface area contributed by atoms with Crippen LogP contribution in [-0.4, -0.2) is 53.1 Å². The Balaban J connectivity index is 1.47. The number of likely N-dealkylation sites (tertiary alicyclic amines) is 1. The minimum absolute atomic E-state index is 0.0207. The van der Waals surface area contributed by atoms with Crippen LogP contribution in [0.4, 0.5) is 28.9 Å². The van der Waals surface area contributed by atoms with Gasteiger partial charge in [0.25, 0.3) is 5.91 Å². The summed E-state index contributed by atoms with van der Waals surface area (Å²) < 4.78 is 62.1. The first-order chi connectivity index (χ1) is 17.5. The van der Waals surface area contributed by atoms with E-state index in [1.54, 1.807) is 6.07 Å². The second kappa shape index (κ2) is 9.36. The molecule has 1 aromatic heterocycles. The van der Waals surface area contributed by atoms with Gasteiger partial charge in [0.15, 0.2) is 11.2 Å². The molecule has 1 saturated carbocycles. The molecular formula is C25H25F4N5O2S. The molecule has 0 bridgehead atoms. The molecule has 0 radical (unpaired) electrons. The van der Waals surface area contributed by atoms with Crippen LogP contribution in [0.1, 0.15) is 43.4 Å². The molecule has 1 amide bonds. The molecular weight excluding hydrogens is 510 g/mol. The number of carbonyl (C=O) groups is 1. The molecule has 196 valence electrons. The van der Waals surface area contributed by atoms with Crippen LogP contribution in [0.5, 0.6) is 5.75 Å². The minimum atomic E-state index is -4.84. The Hall–Kier alpha value is -3.04. The van der Waals surface area contributed by atoms with Crippen molar-refractivity contribution in [1.29, 1.82) is 5.26 Å². The second-order valence-corrected chi connectivity index (χ2v) is 10.2. The molecule has 37 heavy (non-hydrogen) atoms. The van der Waals surface area contributed by atoms with Crippen LogP contribution in [0, 0.1) is 17.1 Å². The predicted octanol–water partition coefficient (Wildman–Crippen LogP) is 4.57. The molecule has 2 saturated heterocycles. The summed E-state index contributed by atoms with van der Waals surface area (Å²) in [6, 6.07) is 6.59. The van der Waals surface area contributed by atoms with Crippen LogP contribution in [0.15, 0.2) is 30.5 Å². The molecule has 1 unspecified atom stereocenters. The summed E-state index contributed by atoms with van der Waals surface area (Å²) in [5.41, 5.74) is -4.30. The molecule has 7 nitrogen and oxygen atoms in total. The van der Waals surface area contributed by atoms with Gasteiger partial charge in [0.2, 0.25) is 0 Å². The Labute approximate surface area is 217 Å². The highest BCUT2D eigenvalue weighted by Gasteiger charge is 2.60. The highest BCUT2D eigenvalue weighted by Crippen LogP contribution is 2.51. The lowest BCUT2D eigenvalue weighted by Crippen LogP contribution is -2.55. The number of thiol groups is 1. The van der Waals surface area contributed by atoms with Crippen LogP contribution in [0.3, 0.4) is 0 Å². The number of alkyl halides is 3. The first-order valence-electron chi connectivity index (χ1n) is 12.0. The standard InChI is InChI=1S/C25H25F4N5O2S/c1-32-9-5-16(6-10-32)36-17-3-4-21(19(26)12-17)34-23(37)33(22(35)24(34)7-2-8-24)15-11-18(25(27,28)29)20(13-30)31-14-15/h3-4,11-12,14,16,23,37H,2,5-10H2,1H3. The third-order valence-electron chi connectivity index (χ3n) is 7.43. The summed E-state index contributed by atoms with van der Waals surface area (Å²) in [5, 5.41) is 9.06. The normalized spacial score (nSPS) is 22.3. The second-order valence-electron chi connectivity index (χ2n) is 9.71. The van der Waals surface area contributed by atoms with Gasteiger partial charge in [-0.15, -0.1) is 12.6 Å². The maximum Gasteiger partial charge on any atom is 0.419 e. The molecule has 0 N–H and O–H groups in total. The van der Waals surface area contributed by atoms with E-state index in [4.69, 9.17) is 10.00 Å². The van der Waals surface area contributed by atoms with Gasteiger partial charge in [0.05, 0.1) is 23.1 Å². The summed E-state index contributed by atoms with van der Waals surface area (Å²) in [4.78, 5) is 22.1. The van der Waals surface area contributed by atoms with Crippen LogP contribution in [0.25, 0.3) is 0 Å². The SMILES string of the molecule is CN1CCC(Oc2ccc(N3C(S)N(c4cnc(C#N)c(C(F)(F)F)c4)C(=O)C34CCC4)c(F)c2)CC1. The van der Waals surface area contributed by atoms with Crippen molar-refractivity contribution in [1.82, 2.24) is 9.88 Å². The third kappa shape index (κ3) is 4.38. The Kier molecular flexibility index (Phi) is 6.48. The molecule has 3 aliphatic rings. The Morgan fingerprint density at radius 3 is 2.49 bits per heavy atom. The minimum Gasteiger partial charge on any atom is -0.490 e. The molecule has 1 atom stereocenters. The van der Waals surface area contributed by atoms with Crippen molar-refractivity contribution >= 4 is 29.9 Å². The molecule has 2 aliphatic heterocycles. The fourth-order valence-electron chi connectivity index (χ4n) is 5.28. The Bertz CT molecular complexity index is 1250. The van der Waals surface area contributed by atoms with Gasteiger partial charge in [0, 0.05) is 19.2 Å². The lowest BCUT2D eigenvalue weighted by molar-refractivity contribution is -0.138. The van der Waals surface area contributed by atoms with Crippen molar-refractivity contribution in [3.63, 3.8) is 0 Å². The lowest BCUT2D eigenvalue weighted by atomic mass is 9.75. The van der Waals surface area contributed by atoms with Gasteiger partial charge in [-0.1, -0.05) is 0 Å². The Morgan fingerprint density at radius 1 is 1.22 bits per heavy atom. The average Bonchev–Trinajstić information content (AvgIpc) is 3.06. The molecule has 12 heteroatoms. The molecule has 3 heterocycles. The maximum atomic E-state index is 15.5. The maximum absolute atomic E-state index is 15.5. The number of carbonyl (C=O) groups excluding carboxylic acids is 1. The van der Waals surface area contributed by atoms with E-state index in [9.17, 15) is 18.0 Å². The zero-order chi connectivity index (χ0) is 26.5. The summed E-state index contributed by atoms with van der Waals surface area (Å²) in [6.07, 6.45) is -0.648. The number of ether oxygens (including phenoxy) is 1. The number of rotatable bonds is 4. The Morgan fingerprint density at radius 2 is 1.92 bits per heavy atom.